The number of amides is 1. The van der Waals surface area contributed by atoms with Crippen molar-refractivity contribution >= 4 is 38.9 Å². The zero-order valence-electron chi connectivity index (χ0n) is 17.0. The van der Waals surface area contributed by atoms with Crippen molar-refractivity contribution in [1.29, 1.82) is 0 Å². The van der Waals surface area contributed by atoms with Gasteiger partial charge in [0.1, 0.15) is 0 Å². The maximum Gasteiger partial charge on any atom is 0.321 e. The lowest BCUT2D eigenvalue weighted by Gasteiger charge is -2.09. The molecule has 11 nitrogen and oxygen atoms in total. The van der Waals surface area contributed by atoms with Crippen LogP contribution in [0, 0.1) is 0 Å². The summed E-state index contributed by atoms with van der Waals surface area (Å²) in [5, 5.41) is 7.09. The van der Waals surface area contributed by atoms with Gasteiger partial charge in [0.15, 0.2) is 11.6 Å². The molecule has 33 heavy (non-hydrogen) atoms. The van der Waals surface area contributed by atoms with E-state index in [-0.39, 0.29) is 22.3 Å². The molecule has 0 bridgehead atoms. The lowest BCUT2D eigenvalue weighted by atomic mass is 10.2. The summed E-state index contributed by atoms with van der Waals surface area (Å²) in [5.41, 5.74) is 0.740. The van der Waals surface area contributed by atoms with Gasteiger partial charge in [-0.1, -0.05) is 11.6 Å². The number of hydrogen-bond acceptors (Lipinski definition) is 8. The first-order chi connectivity index (χ1) is 15.8. The number of rotatable bonds is 7. The number of pyridine rings is 1. The third kappa shape index (κ3) is 5.81. The topological polar surface area (TPSA) is 141 Å². The summed E-state index contributed by atoms with van der Waals surface area (Å²) in [6.45, 7) is 0. The molecule has 0 saturated carbocycles. The summed E-state index contributed by atoms with van der Waals surface area (Å²) in [7, 11) is -3.51. The summed E-state index contributed by atoms with van der Waals surface area (Å²) in [6.07, 6.45) is 8.48. The van der Waals surface area contributed by atoms with E-state index in [1.54, 1.807) is 36.8 Å². The second-order valence-corrected chi connectivity index (χ2v) is 8.87. The zero-order valence-corrected chi connectivity index (χ0v) is 18.6. The van der Waals surface area contributed by atoms with E-state index >= 15 is 0 Å². The average Bonchev–Trinajstić information content (AvgIpc) is 3.23. The Kier molecular flexibility index (Phi) is 6.20. The number of hydrogen-bond donors (Lipinski definition) is 2. The highest BCUT2D eigenvalue weighted by atomic mass is 35.5. The third-order valence-corrected chi connectivity index (χ3v) is 4.84. The molecule has 0 spiro atoms. The van der Waals surface area contributed by atoms with Crippen LogP contribution in [-0.4, -0.2) is 45.3 Å². The summed E-state index contributed by atoms with van der Waals surface area (Å²) in [5.74, 6) is 0.176. The van der Waals surface area contributed by atoms with E-state index in [2.05, 4.69) is 30.1 Å². The lowest BCUT2D eigenvalue weighted by molar-refractivity contribution is 0.102. The quantitative estimate of drug-likeness (QED) is 0.406. The van der Waals surface area contributed by atoms with Crippen LogP contribution >= 0.6 is 11.6 Å². The highest BCUT2D eigenvalue weighted by molar-refractivity contribution is 7.92. The van der Waals surface area contributed by atoms with E-state index in [0.29, 0.717) is 17.3 Å². The number of aromatic nitrogens is 5. The van der Waals surface area contributed by atoms with Crippen LogP contribution in [0.5, 0.6) is 11.8 Å². The van der Waals surface area contributed by atoms with E-state index < -0.39 is 15.9 Å². The normalized spacial score (nSPS) is 11.1. The number of carbonyl (C=O) groups excluding carboxylic acids is 1. The van der Waals surface area contributed by atoms with Crippen LogP contribution in [0.2, 0.25) is 5.02 Å². The predicted molar refractivity (Wildman–Crippen MR) is 121 cm³/mol. The third-order valence-electron chi connectivity index (χ3n) is 4.01. The van der Waals surface area contributed by atoms with Crippen molar-refractivity contribution in [2.45, 2.75) is 0 Å². The fraction of sp³-hybridized carbons (Fsp3) is 0.0500. The molecule has 1 amide bonds. The molecule has 1 aromatic carbocycles. The number of nitrogens with one attached hydrogen (secondary N) is 2. The molecule has 13 heteroatoms. The van der Waals surface area contributed by atoms with Gasteiger partial charge in [-0.25, -0.2) is 28.1 Å². The van der Waals surface area contributed by atoms with E-state index in [4.69, 9.17) is 16.3 Å². The maximum atomic E-state index is 12.7. The van der Waals surface area contributed by atoms with Crippen LogP contribution in [0.25, 0.3) is 5.82 Å². The first kappa shape index (κ1) is 22.2. The molecule has 2 N–H and O–H groups in total. The van der Waals surface area contributed by atoms with Gasteiger partial charge in [0.05, 0.1) is 23.7 Å². The summed E-state index contributed by atoms with van der Waals surface area (Å²) in [4.78, 5) is 25.0. The molecule has 0 atom stereocenters. The zero-order chi connectivity index (χ0) is 23.4. The highest BCUT2D eigenvalue weighted by Crippen LogP contribution is 2.25. The van der Waals surface area contributed by atoms with Gasteiger partial charge in [0, 0.05) is 35.5 Å². The average molecular weight is 486 g/mol. The number of anilines is 2. The largest absolute Gasteiger partial charge is 0.420 e. The van der Waals surface area contributed by atoms with Crippen molar-refractivity contribution < 1.29 is 17.9 Å². The molecule has 0 fully saturated rings. The highest BCUT2D eigenvalue weighted by Gasteiger charge is 2.15. The van der Waals surface area contributed by atoms with Crippen molar-refractivity contribution in [3.8, 4) is 17.6 Å². The Hall–Kier alpha value is -4.03. The second-order valence-electron chi connectivity index (χ2n) is 6.69. The Morgan fingerprint density at radius 1 is 1.06 bits per heavy atom. The van der Waals surface area contributed by atoms with Gasteiger partial charge < -0.3 is 10.1 Å². The van der Waals surface area contributed by atoms with Crippen molar-refractivity contribution in [1.82, 2.24) is 24.7 Å². The molecule has 0 aliphatic rings. The fourth-order valence-corrected chi connectivity index (χ4v) is 3.55. The minimum Gasteiger partial charge on any atom is -0.420 e. The van der Waals surface area contributed by atoms with Crippen molar-refractivity contribution in [3.05, 3.63) is 78.0 Å². The van der Waals surface area contributed by atoms with Crippen molar-refractivity contribution in [2.24, 2.45) is 0 Å². The Bertz CT molecular complexity index is 1410. The monoisotopic (exact) mass is 485 g/mol. The molecule has 0 saturated heterocycles. The Morgan fingerprint density at radius 3 is 2.55 bits per heavy atom. The molecule has 4 aromatic rings. The van der Waals surface area contributed by atoms with E-state index in [1.165, 1.54) is 35.3 Å². The molecule has 3 aromatic heterocycles. The minimum atomic E-state index is -3.51. The van der Waals surface area contributed by atoms with Gasteiger partial charge in [0.25, 0.3) is 5.91 Å². The SMILES string of the molecule is CS(=O)(=O)Nc1cc(Cl)cc(NC(=O)c2cnn(-c3ncccc3Oc3ncccn3)c2)c1. The minimum absolute atomic E-state index is 0.135. The number of ether oxygens (including phenoxy) is 1. The Morgan fingerprint density at radius 2 is 1.79 bits per heavy atom. The number of carbonyl (C=O) groups is 1. The maximum absolute atomic E-state index is 12.7. The van der Waals surface area contributed by atoms with Gasteiger partial charge in [0.2, 0.25) is 10.0 Å². The van der Waals surface area contributed by atoms with Gasteiger partial charge in [-0.05, 0) is 36.4 Å². The Labute approximate surface area is 193 Å². The van der Waals surface area contributed by atoms with E-state index in [1.807, 2.05) is 0 Å². The number of benzene rings is 1. The van der Waals surface area contributed by atoms with Crippen LogP contribution in [-0.2, 0) is 10.0 Å². The molecule has 4 rings (SSSR count). The van der Waals surface area contributed by atoms with Gasteiger partial charge >= 0.3 is 6.01 Å². The number of sulfonamides is 1. The van der Waals surface area contributed by atoms with Gasteiger partial charge in [-0.15, -0.1) is 0 Å². The molecule has 0 radical (unpaired) electrons. The van der Waals surface area contributed by atoms with Crippen LogP contribution in [0.15, 0.2) is 67.4 Å². The molecule has 0 aliphatic carbocycles. The lowest BCUT2D eigenvalue weighted by Crippen LogP contribution is -2.13. The smallest absolute Gasteiger partial charge is 0.321 e. The van der Waals surface area contributed by atoms with Crippen molar-refractivity contribution in [2.75, 3.05) is 16.3 Å². The molecule has 0 unspecified atom stereocenters. The first-order valence-corrected chi connectivity index (χ1v) is 11.6. The summed E-state index contributed by atoms with van der Waals surface area (Å²) in [6, 6.07) is 9.51. The van der Waals surface area contributed by atoms with Gasteiger partial charge in [-0.2, -0.15) is 5.10 Å². The van der Waals surface area contributed by atoms with Crippen molar-refractivity contribution in [3.63, 3.8) is 0 Å². The summed E-state index contributed by atoms with van der Waals surface area (Å²) >= 11 is 6.04. The second kappa shape index (κ2) is 9.22. The van der Waals surface area contributed by atoms with E-state index in [0.717, 1.165) is 6.26 Å². The van der Waals surface area contributed by atoms with Crippen LogP contribution in [0.4, 0.5) is 11.4 Å². The molecular formula is C20H16ClN7O4S. The van der Waals surface area contributed by atoms with Crippen LogP contribution in [0.3, 0.4) is 0 Å². The summed E-state index contributed by atoms with van der Waals surface area (Å²) < 4.78 is 32.3. The molecule has 168 valence electrons. The standard InChI is InChI=1S/C20H16ClN7O4S/c1-33(30,31)27-16-9-14(21)8-15(10-16)26-19(29)13-11-25-28(12-13)18-17(4-2-5-22-18)32-20-23-6-3-7-24-20/h2-12,27H,1H3,(H,26,29). The molecule has 0 aliphatic heterocycles. The molecule has 3 heterocycles. The number of halogens is 1. The number of nitrogens with zero attached hydrogens (tertiary/aromatic N) is 5. The van der Waals surface area contributed by atoms with Crippen LogP contribution < -0.4 is 14.8 Å². The van der Waals surface area contributed by atoms with E-state index in [9.17, 15) is 13.2 Å². The first-order valence-electron chi connectivity index (χ1n) is 9.31. The fourth-order valence-electron chi connectivity index (χ4n) is 2.76. The van der Waals surface area contributed by atoms with Gasteiger partial charge in [-0.3, -0.25) is 9.52 Å². The Balaban J connectivity index is 1.55. The predicted octanol–water partition coefficient (Wildman–Crippen LogP) is 3.13. The molecular weight excluding hydrogens is 470 g/mol. The van der Waals surface area contributed by atoms with Crippen LogP contribution in [0.1, 0.15) is 10.4 Å².